The third-order valence-electron chi connectivity index (χ3n) is 2.50. The Labute approximate surface area is 102 Å². The molecule has 2 aromatic rings. The van der Waals surface area contributed by atoms with Crippen molar-refractivity contribution in [3.63, 3.8) is 0 Å². The number of hydrogen-bond donors (Lipinski definition) is 1. The largest absolute Gasteiger partial charge is 0.496 e. The van der Waals surface area contributed by atoms with Gasteiger partial charge in [0.25, 0.3) is 0 Å². The van der Waals surface area contributed by atoms with Crippen molar-refractivity contribution in [3.8, 4) is 11.6 Å². The minimum absolute atomic E-state index is 0.0104. The van der Waals surface area contributed by atoms with Crippen LogP contribution in [0, 0.1) is 5.82 Å². The number of nitrogens with zero attached hydrogens (tertiary/aromatic N) is 1. The second kappa shape index (κ2) is 4.48. The fourth-order valence-corrected chi connectivity index (χ4v) is 1.67. The molecule has 0 atom stereocenters. The first-order valence-electron chi connectivity index (χ1n) is 5.03. The van der Waals surface area contributed by atoms with Crippen molar-refractivity contribution in [1.82, 2.24) is 4.98 Å². The van der Waals surface area contributed by atoms with Crippen molar-refractivity contribution in [1.29, 1.82) is 0 Å². The van der Waals surface area contributed by atoms with E-state index < -0.39 is 11.8 Å². The maximum atomic E-state index is 13.6. The predicted octanol–water partition coefficient (Wildman–Crippen LogP) is 2.09. The number of aromatic carboxylic acids is 1. The Morgan fingerprint density at radius 3 is 2.61 bits per heavy atom. The number of rotatable bonds is 3. The molecule has 0 saturated heterocycles. The minimum atomic E-state index is -1.20. The molecule has 94 valence electrons. The zero-order valence-corrected chi connectivity index (χ0v) is 9.73. The molecule has 1 aromatic carbocycles. The highest BCUT2D eigenvalue weighted by Crippen LogP contribution is 2.30. The maximum Gasteiger partial charge on any atom is 0.341 e. The predicted molar refractivity (Wildman–Crippen MR) is 61.8 cm³/mol. The van der Waals surface area contributed by atoms with Crippen molar-refractivity contribution in [2.24, 2.45) is 0 Å². The molecule has 0 bridgehead atoms. The molecule has 5 nitrogen and oxygen atoms in total. The fraction of sp³-hybridized carbons (Fsp3) is 0.167. The minimum Gasteiger partial charge on any atom is -0.496 e. The average Bonchev–Trinajstić information content (AvgIpc) is 2.38. The molecule has 18 heavy (non-hydrogen) atoms. The van der Waals surface area contributed by atoms with E-state index in [1.54, 1.807) is 0 Å². The number of carboxylic acids is 1. The summed E-state index contributed by atoms with van der Waals surface area (Å²) in [4.78, 5) is 14.9. The van der Waals surface area contributed by atoms with Crippen molar-refractivity contribution in [2.45, 2.75) is 0 Å². The topological polar surface area (TPSA) is 68.7 Å². The lowest BCUT2D eigenvalue weighted by Gasteiger charge is -2.09. The first-order valence-corrected chi connectivity index (χ1v) is 5.03. The van der Waals surface area contributed by atoms with Gasteiger partial charge in [0.2, 0.25) is 5.88 Å². The van der Waals surface area contributed by atoms with E-state index in [-0.39, 0.29) is 22.3 Å². The van der Waals surface area contributed by atoms with Crippen LogP contribution in [0.25, 0.3) is 10.9 Å². The molecule has 0 saturated carbocycles. The smallest absolute Gasteiger partial charge is 0.341 e. The number of ether oxygens (including phenoxy) is 2. The Kier molecular flexibility index (Phi) is 3.01. The van der Waals surface area contributed by atoms with Crippen LogP contribution in [0.2, 0.25) is 0 Å². The van der Waals surface area contributed by atoms with Gasteiger partial charge >= 0.3 is 5.97 Å². The zero-order chi connectivity index (χ0) is 13.3. The Morgan fingerprint density at radius 2 is 2.06 bits per heavy atom. The highest BCUT2D eigenvalue weighted by Gasteiger charge is 2.17. The lowest BCUT2D eigenvalue weighted by atomic mass is 10.1. The number of aromatic nitrogens is 1. The number of fused-ring (bicyclic) bond motifs is 1. The second-order valence-electron chi connectivity index (χ2n) is 3.50. The Bertz CT molecular complexity index is 627. The van der Waals surface area contributed by atoms with Crippen LogP contribution in [0.1, 0.15) is 10.4 Å². The van der Waals surface area contributed by atoms with Gasteiger partial charge in [0.1, 0.15) is 22.6 Å². The van der Waals surface area contributed by atoms with Gasteiger partial charge in [-0.25, -0.2) is 14.2 Å². The molecular formula is C12H10FNO4. The van der Waals surface area contributed by atoms with Gasteiger partial charge in [-0.15, -0.1) is 0 Å². The molecule has 0 aliphatic rings. The number of carbonyl (C=O) groups is 1. The standard InChI is InChI=1S/C12H10FNO4/c1-17-9-4-3-8(13)10-6(9)5-7(12(15)16)11(14-10)18-2/h3-5H,1-2H3,(H,15,16). The average molecular weight is 251 g/mol. The SMILES string of the molecule is COc1nc2c(F)ccc(OC)c2cc1C(=O)O. The van der Waals surface area contributed by atoms with E-state index in [2.05, 4.69) is 4.98 Å². The second-order valence-corrected chi connectivity index (χ2v) is 3.50. The molecular weight excluding hydrogens is 241 g/mol. The number of halogens is 1. The van der Waals surface area contributed by atoms with Crippen LogP contribution in [0.15, 0.2) is 18.2 Å². The molecule has 6 heteroatoms. The van der Waals surface area contributed by atoms with E-state index in [0.717, 1.165) is 0 Å². The number of hydrogen-bond acceptors (Lipinski definition) is 4. The third kappa shape index (κ3) is 1.81. The first kappa shape index (κ1) is 12.1. The van der Waals surface area contributed by atoms with Gasteiger partial charge in [-0.1, -0.05) is 0 Å². The van der Waals surface area contributed by atoms with Crippen LogP contribution >= 0.6 is 0 Å². The lowest BCUT2D eigenvalue weighted by molar-refractivity contribution is 0.0692. The summed E-state index contributed by atoms with van der Waals surface area (Å²) in [6, 6.07) is 3.90. The molecule has 0 aliphatic heterocycles. The van der Waals surface area contributed by atoms with Crippen LogP contribution in [0.4, 0.5) is 4.39 Å². The van der Waals surface area contributed by atoms with Crippen LogP contribution in [0.5, 0.6) is 11.6 Å². The van der Waals surface area contributed by atoms with E-state index in [0.29, 0.717) is 5.75 Å². The van der Waals surface area contributed by atoms with Crippen LogP contribution in [-0.4, -0.2) is 30.3 Å². The number of carboxylic acid groups (broad SMARTS) is 1. The molecule has 2 rings (SSSR count). The van der Waals surface area contributed by atoms with Gasteiger partial charge in [0.15, 0.2) is 0 Å². The third-order valence-corrected chi connectivity index (χ3v) is 2.50. The highest BCUT2D eigenvalue weighted by molar-refractivity contribution is 5.97. The van der Waals surface area contributed by atoms with Gasteiger partial charge in [0, 0.05) is 5.39 Å². The van der Waals surface area contributed by atoms with E-state index in [4.69, 9.17) is 14.6 Å². The number of benzene rings is 1. The van der Waals surface area contributed by atoms with Gasteiger partial charge in [0.05, 0.1) is 14.2 Å². The highest BCUT2D eigenvalue weighted by atomic mass is 19.1. The Hall–Kier alpha value is -2.37. The molecule has 1 heterocycles. The summed E-state index contributed by atoms with van der Waals surface area (Å²) in [5.41, 5.74) is -0.134. The summed E-state index contributed by atoms with van der Waals surface area (Å²) in [5.74, 6) is -1.56. The van der Waals surface area contributed by atoms with Gasteiger partial charge in [-0.2, -0.15) is 0 Å². The molecule has 1 N–H and O–H groups in total. The van der Waals surface area contributed by atoms with Crippen molar-refractivity contribution in [3.05, 3.63) is 29.6 Å². The summed E-state index contributed by atoms with van der Waals surface area (Å²) in [6.45, 7) is 0. The molecule has 0 aliphatic carbocycles. The van der Waals surface area contributed by atoms with E-state index in [1.165, 1.54) is 32.4 Å². The quantitative estimate of drug-likeness (QED) is 0.904. The zero-order valence-electron chi connectivity index (χ0n) is 9.73. The summed E-state index contributed by atoms with van der Waals surface area (Å²) >= 11 is 0. The maximum absolute atomic E-state index is 13.6. The van der Waals surface area contributed by atoms with Crippen LogP contribution in [0.3, 0.4) is 0 Å². The summed E-state index contributed by atoms with van der Waals surface area (Å²) in [5, 5.41) is 9.32. The number of methoxy groups -OCH3 is 2. The van der Waals surface area contributed by atoms with E-state index in [9.17, 15) is 9.18 Å². The molecule has 1 aromatic heterocycles. The van der Waals surface area contributed by atoms with Gasteiger partial charge in [-0.05, 0) is 18.2 Å². The molecule has 0 radical (unpaired) electrons. The molecule has 0 fully saturated rings. The van der Waals surface area contributed by atoms with Crippen molar-refractivity contribution >= 4 is 16.9 Å². The Morgan fingerprint density at radius 1 is 1.33 bits per heavy atom. The van der Waals surface area contributed by atoms with Crippen molar-refractivity contribution < 1.29 is 23.8 Å². The monoisotopic (exact) mass is 251 g/mol. The van der Waals surface area contributed by atoms with Crippen LogP contribution in [-0.2, 0) is 0 Å². The van der Waals surface area contributed by atoms with Crippen LogP contribution < -0.4 is 9.47 Å². The van der Waals surface area contributed by atoms with Crippen molar-refractivity contribution in [2.75, 3.05) is 14.2 Å². The number of pyridine rings is 1. The first-order chi connectivity index (χ1) is 8.58. The van der Waals surface area contributed by atoms with Gasteiger partial charge < -0.3 is 14.6 Å². The van der Waals surface area contributed by atoms with E-state index >= 15 is 0 Å². The normalized spacial score (nSPS) is 10.4. The molecule has 0 spiro atoms. The van der Waals surface area contributed by atoms with Gasteiger partial charge in [-0.3, -0.25) is 0 Å². The summed E-state index contributed by atoms with van der Waals surface area (Å²) < 4.78 is 23.5. The summed E-state index contributed by atoms with van der Waals surface area (Å²) in [7, 11) is 2.69. The Balaban J connectivity index is 2.86. The molecule has 0 unspecified atom stereocenters. The molecule has 0 amide bonds. The van der Waals surface area contributed by atoms with E-state index in [1.807, 2.05) is 0 Å². The fourth-order valence-electron chi connectivity index (χ4n) is 1.67. The summed E-state index contributed by atoms with van der Waals surface area (Å²) in [6.07, 6.45) is 0. The lowest BCUT2D eigenvalue weighted by Crippen LogP contribution is -2.04.